The van der Waals surface area contributed by atoms with E-state index in [4.69, 9.17) is 14.2 Å². The predicted molar refractivity (Wildman–Crippen MR) is 67.3 cm³/mol. The van der Waals surface area contributed by atoms with Crippen LogP contribution in [0.3, 0.4) is 0 Å². The van der Waals surface area contributed by atoms with Crippen LogP contribution in [0.15, 0.2) is 0 Å². The van der Waals surface area contributed by atoms with Crippen molar-refractivity contribution in [2.75, 3.05) is 27.3 Å². The SMILES string of the molecule is COC(OC)[C@@H]1CNCC1NC(=O)OC(C)(C)C. The fourth-order valence-electron chi connectivity index (χ4n) is 2.05. The van der Waals surface area contributed by atoms with Crippen molar-refractivity contribution < 1.29 is 19.0 Å². The molecule has 1 rings (SSSR count). The number of methoxy groups -OCH3 is 2. The number of carbonyl (C=O) groups excluding carboxylic acids is 1. The second-order valence-corrected chi connectivity index (χ2v) is 5.41. The third-order valence-corrected chi connectivity index (χ3v) is 2.78. The van der Waals surface area contributed by atoms with Gasteiger partial charge in [0.15, 0.2) is 6.29 Å². The highest BCUT2D eigenvalue weighted by molar-refractivity contribution is 5.68. The molecule has 0 aliphatic carbocycles. The van der Waals surface area contributed by atoms with E-state index >= 15 is 0 Å². The molecule has 0 bridgehead atoms. The minimum atomic E-state index is -0.493. The molecule has 0 aromatic carbocycles. The maximum Gasteiger partial charge on any atom is 0.407 e. The first-order valence-corrected chi connectivity index (χ1v) is 6.13. The molecule has 2 N–H and O–H groups in total. The highest BCUT2D eigenvalue weighted by atomic mass is 16.7. The van der Waals surface area contributed by atoms with E-state index in [1.807, 2.05) is 20.8 Å². The molecule has 1 unspecified atom stereocenters. The van der Waals surface area contributed by atoms with E-state index in [9.17, 15) is 4.79 Å². The Hall–Kier alpha value is -0.850. The molecule has 1 saturated heterocycles. The first kappa shape index (κ1) is 15.2. The van der Waals surface area contributed by atoms with E-state index in [0.29, 0.717) is 6.54 Å². The van der Waals surface area contributed by atoms with Crippen molar-refractivity contribution in [3.8, 4) is 0 Å². The van der Waals surface area contributed by atoms with Gasteiger partial charge in [0, 0.05) is 33.2 Å². The average molecular weight is 260 g/mol. The maximum atomic E-state index is 11.7. The summed E-state index contributed by atoms with van der Waals surface area (Å²) in [7, 11) is 3.19. The van der Waals surface area contributed by atoms with E-state index in [2.05, 4.69) is 10.6 Å². The largest absolute Gasteiger partial charge is 0.444 e. The second-order valence-electron chi connectivity index (χ2n) is 5.41. The van der Waals surface area contributed by atoms with Crippen molar-refractivity contribution in [2.24, 2.45) is 5.92 Å². The second kappa shape index (κ2) is 6.36. The summed E-state index contributed by atoms with van der Waals surface area (Å²) < 4.78 is 15.7. The number of alkyl carbamates (subject to hydrolysis) is 1. The Morgan fingerprint density at radius 3 is 2.39 bits per heavy atom. The quantitative estimate of drug-likeness (QED) is 0.729. The van der Waals surface area contributed by atoms with Crippen molar-refractivity contribution in [2.45, 2.75) is 38.7 Å². The van der Waals surface area contributed by atoms with Gasteiger partial charge in [-0.25, -0.2) is 4.79 Å². The van der Waals surface area contributed by atoms with Crippen LogP contribution in [0.2, 0.25) is 0 Å². The third kappa shape index (κ3) is 4.44. The molecule has 106 valence electrons. The minimum Gasteiger partial charge on any atom is -0.444 e. The van der Waals surface area contributed by atoms with E-state index in [0.717, 1.165) is 6.54 Å². The van der Waals surface area contributed by atoms with Crippen molar-refractivity contribution in [3.63, 3.8) is 0 Å². The number of rotatable bonds is 4. The van der Waals surface area contributed by atoms with Gasteiger partial charge in [-0.15, -0.1) is 0 Å². The lowest BCUT2D eigenvalue weighted by molar-refractivity contribution is -0.136. The number of ether oxygens (including phenoxy) is 3. The van der Waals surface area contributed by atoms with Crippen LogP contribution in [0.5, 0.6) is 0 Å². The molecule has 1 aliphatic rings. The lowest BCUT2D eigenvalue weighted by Crippen LogP contribution is -2.46. The zero-order valence-corrected chi connectivity index (χ0v) is 11.8. The molecule has 2 atom stereocenters. The van der Waals surface area contributed by atoms with Crippen molar-refractivity contribution >= 4 is 6.09 Å². The van der Waals surface area contributed by atoms with Crippen LogP contribution in [0.1, 0.15) is 20.8 Å². The van der Waals surface area contributed by atoms with Gasteiger partial charge in [-0.1, -0.05) is 0 Å². The van der Waals surface area contributed by atoms with Crippen LogP contribution in [0.4, 0.5) is 4.79 Å². The maximum absolute atomic E-state index is 11.7. The lowest BCUT2D eigenvalue weighted by atomic mass is 10.0. The summed E-state index contributed by atoms with van der Waals surface area (Å²) in [6.45, 7) is 6.94. The third-order valence-electron chi connectivity index (χ3n) is 2.78. The standard InChI is InChI=1S/C12H24N2O4/c1-12(2,3)18-11(15)14-9-7-13-6-8(9)10(16-4)17-5/h8-10,13H,6-7H2,1-5H3,(H,14,15)/t8-,9?/m1/s1. The first-order valence-electron chi connectivity index (χ1n) is 6.13. The van der Waals surface area contributed by atoms with Crippen LogP contribution in [-0.2, 0) is 14.2 Å². The number of amides is 1. The normalized spacial score (nSPS) is 24.3. The minimum absolute atomic E-state index is 0.0512. The van der Waals surface area contributed by atoms with E-state index in [1.165, 1.54) is 0 Å². The van der Waals surface area contributed by atoms with Crippen molar-refractivity contribution in [3.05, 3.63) is 0 Å². The Bertz CT molecular complexity index is 274. The van der Waals surface area contributed by atoms with Crippen LogP contribution in [0, 0.1) is 5.92 Å². The Balaban J connectivity index is 2.52. The van der Waals surface area contributed by atoms with E-state index < -0.39 is 11.7 Å². The molecule has 6 nitrogen and oxygen atoms in total. The molecule has 1 heterocycles. The number of carbonyl (C=O) groups is 1. The molecule has 0 aromatic heterocycles. The fourth-order valence-corrected chi connectivity index (χ4v) is 2.05. The average Bonchev–Trinajstić information content (AvgIpc) is 2.65. The topological polar surface area (TPSA) is 68.8 Å². The summed E-state index contributed by atoms with van der Waals surface area (Å²) in [4.78, 5) is 11.7. The van der Waals surface area contributed by atoms with Gasteiger partial charge in [0.1, 0.15) is 5.60 Å². The molecule has 0 radical (unpaired) electrons. The molecule has 6 heteroatoms. The summed E-state index contributed by atoms with van der Waals surface area (Å²) in [6.07, 6.45) is -0.743. The molecule has 0 aromatic rings. The monoisotopic (exact) mass is 260 g/mol. The summed E-state index contributed by atoms with van der Waals surface area (Å²) in [5, 5.41) is 6.06. The molecule has 18 heavy (non-hydrogen) atoms. The Morgan fingerprint density at radius 1 is 1.28 bits per heavy atom. The van der Waals surface area contributed by atoms with Gasteiger partial charge in [0.2, 0.25) is 0 Å². The van der Waals surface area contributed by atoms with Crippen LogP contribution < -0.4 is 10.6 Å². The Kier molecular flexibility index (Phi) is 5.37. The number of nitrogens with one attached hydrogen (secondary N) is 2. The van der Waals surface area contributed by atoms with Gasteiger partial charge in [-0.2, -0.15) is 0 Å². The molecule has 0 spiro atoms. The van der Waals surface area contributed by atoms with Crippen LogP contribution in [-0.4, -0.2) is 51.3 Å². The summed E-state index contributed by atoms with van der Waals surface area (Å²) >= 11 is 0. The molecule has 1 aliphatic heterocycles. The first-order chi connectivity index (χ1) is 8.37. The van der Waals surface area contributed by atoms with Gasteiger partial charge in [0.05, 0.1) is 6.04 Å². The summed E-state index contributed by atoms with van der Waals surface area (Å²) in [5.74, 6) is 0.0764. The summed E-state index contributed by atoms with van der Waals surface area (Å²) in [6, 6.07) is -0.0512. The fraction of sp³-hybridized carbons (Fsp3) is 0.917. The summed E-state index contributed by atoms with van der Waals surface area (Å²) in [5.41, 5.74) is -0.493. The van der Waals surface area contributed by atoms with Gasteiger partial charge in [-0.05, 0) is 20.8 Å². The van der Waals surface area contributed by atoms with Crippen molar-refractivity contribution in [1.82, 2.24) is 10.6 Å². The lowest BCUT2D eigenvalue weighted by Gasteiger charge is -2.27. The van der Waals surface area contributed by atoms with E-state index in [-0.39, 0.29) is 18.2 Å². The van der Waals surface area contributed by atoms with Crippen LogP contribution in [0.25, 0.3) is 0 Å². The van der Waals surface area contributed by atoms with Crippen molar-refractivity contribution in [1.29, 1.82) is 0 Å². The zero-order chi connectivity index (χ0) is 13.8. The van der Waals surface area contributed by atoms with Crippen LogP contribution >= 0.6 is 0 Å². The molecule has 0 saturated carbocycles. The Morgan fingerprint density at radius 2 is 1.89 bits per heavy atom. The highest BCUT2D eigenvalue weighted by Crippen LogP contribution is 2.17. The van der Waals surface area contributed by atoms with Gasteiger partial charge >= 0.3 is 6.09 Å². The van der Waals surface area contributed by atoms with E-state index in [1.54, 1.807) is 14.2 Å². The highest BCUT2D eigenvalue weighted by Gasteiger charge is 2.35. The Labute approximate surface area is 108 Å². The zero-order valence-electron chi connectivity index (χ0n) is 11.8. The molecular formula is C12H24N2O4. The van der Waals surface area contributed by atoms with Gasteiger partial charge < -0.3 is 24.8 Å². The predicted octanol–water partition coefficient (Wildman–Crippen LogP) is 0.718. The smallest absolute Gasteiger partial charge is 0.407 e. The molecule has 1 amide bonds. The van der Waals surface area contributed by atoms with Gasteiger partial charge in [-0.3, -0.25) is 0 Å². The van der Waals surface area contributed by atoms with Gasteiger partial charge in [0.25, 0.3) is 0 Å². The number of hydrogen-bond donors (Lipinski definition) is 2. The number of hydrogen-bond acceptors (Lipinski definition) is 5. The molecule has 1 fully saturated rings. The molecular weight excluding hydrogens is 236 g/mol.